The monoisotopic (exact) mass is 300 g/mol. The second-order valence-electron chi connectivity index (χ2n) is 3.89. The number of anilines is 1. The molecule has 0 aromatic heterocycles. The summed E-state index contributed by atoms with van der Waals surface area (Å²) < 4.78 is 4.85. The van der Waals surface area contributed by atoms with Crippen molar-refractivity contribution < 1.29 is 9.53 Å². The van der Waals surface area contributed by atoms with E-state index in [1.807, 2.05) is 0 Å². The molecule has 0 amide bonds. The number of rotatable bonds is 7. The molecule has 0 fully saturated rings. The van der Waals surface area contributed by atoms with Crippen molar-refractivity contribution in [3.8, 4) is 0 Å². The molecule has 0 aliphatic rings. The molecule has 19 heavy (non-hydrogen) atoms. The third-order valence-electron chi connectivity index (χ3n) is 2.43. The molecule has 1 rings (SSSR count). The molecule has 0 spiro atoms. The first kappa shape index (κ1) is 15.7. The number of hydrogen-bond acceptors (Lipinski definition) is 4. The molecule has 0 aliphatic heterocycles. The van der Waals surface area contributed by atoms with Crippen LogP contribution in [0.2, 0.25) is 5.02 Å². The summed E-state index contributed by atoms with van der Waals surface area (Å²) in [6.45, 7) is 2.82. The average Bonchev–Trinajstić information content (AvgIpc) is 2.34. The van der Waals surface area contributed by atoms with Gasteiger partial charge in [0.15, 0.2) is 0 Å². The topological polar surface area (TPSA) is 64.3 Å². The van der Waals surface area contributed by atoms with Crippen LogP contribution in [0.1, 0.15) is 25.3 Å². The van der Waals surface area contributed by atoms with Gasteiger partial charge in [-0.05, 0) is 31.5 Å². The predicted molar refractivity (Wildman–Crippen MR) is 81.7 cm³/mol. The normalized spacial score (nSPS) is 10.0. The first-order valence-electron chi connectivity index (χ1n) is 6.03. The van der Waals surface area contributed by atoms with Gasteiger partial charge in [0.05, 0.1) is 6.61 Å². The van der Waals surface area contributed by atoms with Gasteiger partial charge >= 0.3 is 5.97 Å². The van der Waals surface area contributed by atoms with E-state index in [0.29, 0.717) is 36.0 Å². The predicted octanol–water partition coefficient (Wildman–Crippen LogP) is 2.73. The van der Waals surface area contributed by atoms with Gasteiger partial charge in [-0.1, -0.05) is 23.8 Å². The summed E-state index contributed by atoms with van der Waals surface area (Å²) in [4.78, 5) is 11.5. The molecular weight excluding hydrogens is 284 g/mol. The van der Waals surface area contributed by atoms with Crippen molar-refractivity contribution in [2.45, 2.75) is 19.8 Å². The first-order chi connectivity index (χ1) is 9.04. The standard InChI is InChI=1S/C13H17ClN2O2S/c1-2-18-12(17)4-3-7-16-11-8-9(14)5-6-10(11)13(15)19/h5-6,8,16H,2-4,7H2,1H3,(H2,15,19). The Morgan fingerprint density at radius 1 is 1.53 bits per heavy atom. The van der Waals surface area contributed by atoms with Crippen LogP contribution in [0.25, 0.3) is 0 Å². The summed E-state index contributed by atoms with van der Waals surface area (Å²) in [5, 5.41) is 3.78. The molecule has 0 unspecified atom stereocenters. The van der Waals surface area contributed by atoms with E-state index in [1.165, 1.54) is 0 Å². The van der Waals surface area contributed by atoms with Crippen molar-refractivity contribution >= 4 is 40.5 Å². The van der Waals surface area contributed by atoms with Crippen LogP contribution in [0.4, 0.5) is 5.69 Å². The van der Waals surface area contributed by atoms with Crippen LogP contribution >= 0.6 is 23.8 Å². The lowest BCUT2D eigenvalue weighted by Crippen LogP contribution is -2.14. The van der Waals surface area contributed by atoms with Crippen LogP contribution in [0.15, 0.2) is 18.2 Å². The summed E-state index contributed by atoms with van der Waals surface area (Å²) in [6.07, 6.45) is 1.05. The Hall–Kier alpha value is -1.33. The van der Waals surface area contributed by atoms with E-state index in [9.17, 15) is 4.79 Å². The molecule has 6 heteroatoms. The summed E-state index contributed by atoms with van der Waals surface area (Å²) in [5.41, 5.74) is 7.16. The molecule has 0 bridgehead atoms. The molecule has 0 atom stereocenters. The molecule has 0 radical (unpaired) electrons. The van der Waals surface area contributed by atoms with Gasteiger partial charge in [-0.25, -0.2) is 0 Å². The molecule has 3 N–H and O–H groups in total. The number of carbonyl (C=O) groups is 1. The highest BCUT2D eigenvalue weighted by atomic mass is 35.5. The van der Waals surface area contributed by atoms with E-state index in [-0.39, 0.29) is 5.97 Å². The minimum atomic E-state index is -0.190. The molecular formula is C13H17ClN2O2S. The zero-order chi connectivity index (χ0) is 14.3. The van der Waals surface area contributed by atoms with Crippen molar-refractivity contribution in [2.75, 3.05) is 18.5 Å². The maximum atomic E-state index is 11.2. The number of carbonyl (C=O) groups excluding carboxylic acids is 1. The second-order valence-corrected chi connectivity index (χ2v) is 4.77. The number of nitrogens with two attached hydrogens (primary N) is 1. The van der Waals surface area contributed by atoms with E-state index < -0.39 is 0 Å². The van der Waals surface area contributed by atoms with Gasteiger partial charge < -0.3 is 15.8 Å². The van der Waals surface area contributed by atoms with Gasteiger partial charge in [-0.2, -0.15) is 0 Å². The number of halogens is 1. The molecule has 0 saturated carbocycles. The maximum Gasteiger partial charge on any atom is 0.305 e. The zero-order valence-corrected chi connectivity index (χ0v) is 12.3. The molecule has 4 nitrogen and oxygen atoms in total. The van der Waals surface area contributed by atoms with Gasteiger partial charge in [0, 0.05) is 29.2 Å². The lowest BCUT2D eigenvalue weighted by Gasteiger charge is -2.11. The molecule has 0 aliphatic carbocycles. The molecule has 104 valence electrons. The lowest BCUT2D eigenvalue weighted by atomic mass is 10.1. The number of hydrogen-bond donors (Lipinski definition) is 2. The molecule has 1 aromatic rings. The highest BCUT2D eigenvalue weighted by Gasteiger charge is 2.06. The fourth-order valence-corrected chi connectivity index (χ4v) is 1.92. The first-order valence-corrected chi connectivity index (χ1v) is 6.82. The number of ether oxygens (including phenoxy) is 1. The van der Waals surface area contributed by atoms with Gasteiger partial charge in [0.2, 0.25) is 0 Å². The zero-order valence-electron chi connectivity index (χ0n) is 10.7. The van der Waals surface area contributed by atoms with E-state index >= 15 is 0 Å². The Kier molecular flexibility index (Phi) is 6.59. The van der Waals surface area contributed by atoms with Crippen LogP contribution in [0.5, 0.6) is 0 Å². The minimum absolute atomic E-state index is 0.190. The van der Waals surface area contributed by atoms with E-state index in [0.717, 1.165) is 11.3 Å². The molecule has 1 aromatic carbocycles. The third kappa shape index (κ3) is 5.44. The fourth-order valence-electron chi connectivity index (χ4n) is 1.57. The Labute approximate surface area is 123 Å². The van der Waals surface area contributed by atoms with Crippen molar-refractivity contribution in [2.24, 2.45) is 5.73 Å². The Morgan fingerprint density at radius 2 is 2.26 bits per heavy atom. The van der Waals surface area contributed by atoms with Gasteiger partial charge in [0.25, 0.3) is 0 Å². The van der Waals surface area contributed by atoms with Crippen molar-refractivity contribution in [3.05, 3.63) is 28.8 Å². The van der Waals surface area contributed by atoms with Crippen LogP contribution < -0.4 is 11.1 Å². The van der Waals surface area contributed by atoms with E-state index in [2.05, 4.69) is 5.32 Å². The highest BCUT2D eigenvalue weighted by molar-refractivity contribution is 7.80. The summed E-state index contributed by atoms with van der Waals surface area (Å²) in [6, 6.07) is 5.28. The van der Waals surface area contributed by atoms with Crippen LogP contribution in [-0.4, -0.2) is 24.1 Å². The number of nitrogens with one attached hydrogen (secondary N) is 1. The van der Waals surface area contributed by atoms with Crippen molar-refractivity contribution in [1.82, 2.24) is 0 Å². The Bertz CT molecular complexity index is 466. The summed E-state index contributed by atoms with van der Waals surface area (Å²) >= 11 is 10.9. The van der Waals surface area contributed by atoms with E-state index in [1.54, 1.807) is 25.1 Å². The number of thiocarbonyl (C=S) groups is 1. The summed E-state index contributed by atoms with van der Waals surface area (Å²) in [7, 11) is 0. The number of esters is 1. The fraction of sp³-hybridized carbons (Fsp3) is 0.385. The van der Waals surface area contributed by atoms with Crippen molar-refractivity contribution in [1.29, 1.82) is 0 Å². The molecule has 0 heterocycles. The summed E-state index contributed by atoms with van der Waals surface area (Å²) in [5.74, 6) is -0.190. The Morgan fingerprint density at radius 3 is 2.89 bits per heavy atom. The maximum absolute atomic E-state index is 11.2. The van der Waals surface area contributed by atoms with Crippen molar-refractivity contribution in [3.63, 3.8) is 0 Å². The average molecular weight is 301 g/mol. The molecule has 0 saturated heterocycles. The van der Waals surface area contributed by atoms with Crippen LogP contribution in [0, 0.1) is 0 Å². The van der Waals surface area contributed by atoms with Crippen LogP contribution in [0.3, 0.4) is 0 Å². The quantitative estimate of drug-likeness (QED) is 0.460. The lowest BCUT2D eigenvalue weighted by molar-refractivity contribution is -0.143. The second kappa shape index (κ2) is 7.96. The highest BCUT2D eigenvalue weighted by Crippen LogP contribution is 2.21. The number of benzene rings is 1. The van der Waals surface area contributed by atoms with Crippen LogP contribution in [-0.2, 0) is 9.53 Å². The van der Waals surface area contributed by atoms with Gasteiger partial charge in [-0.15, -0.1) is 0 Å². The third-order valence-corrected chi connectivity index (χ3v) is 2.88. The van der Waals surface area contributed by atoms with E-state index in [4.69, 9.17) is 34.3 Å². The smallest absolute Gasteiger partial charge is 0.305 e. The SMILES string of the molecule is CCOC(=O)CCCNc1cc(Cl)ccc1C(N)=S. The van der Waals surface area contributed by atoms with Gasteiger partial charge in [-0.3, -0.25) is 4.79 Å². The van der Waals surface area contributed by atoms with Gasteiger partial charge in [0.1, 0.15) is 4.99 Å². The largest absolute Gasteiger partial charge is 0.466 e. The Balaban J connectivity index is 2.51. The minimum Gasteiger partial charge on any atom is -0.466 e.